The number of carbonyl (C=O) groups is 1. The molecule has 0 unspecified atom stereocenters. The fourth-order valence-electron chi connectivity index (χ4n) is 1.20. The highest BCUT2D eigenvalue weighted by molar-refractivity contribution is 5.76. The van der Waals surface area contributed by atoms with Crippen molar-refractivity contribution < 1.29 is 4.79 Å². The molecular weight excluding hydrogens is 176 g/mol. The van der Waals surface area contributed by atoms with Gasteiger partial charge in [0.1, 0.15) is 0 Å². The highest BCUT2D eigenvalue weighted by Gasteiger charge is 2.21. The van der Waals surface area contributed by atoms with E-state index in [0.717, 1.165) is 25.9 Å². The summed E-state index contributed by atoms with van der Waals surface area (Å²) in [6.45, 7) is 10.0. The van der Waals surface area contributed by atoms with Crippen molar-refractivity contribution in [3.63, 3.8) is 0 Å². The average Bonchev–Trinajstić information content (AvgIpc) is 2.18. The van der Waals surface area contributed by atoms with Crippen molar-refractivity contribution in [2.45, 2.75) is 52.5 Å². The van der Waals surface area contributed by atoms with E-state index < -0.39 is 0 Å². The zero-order valence-corrected chi connectivity index (χ0v) is 9.94. The molecule has 0 fully saturated rings. The van der Waals surface area contributed by atoms with Gasteiger partial charge >= 0.3 is 0 Å². The molecule has 0 rings (SSSR count). The Balaban J connectivity index is 3.80. The van der Waals surface area contributed by atoms with Crippen LogP contribution in [-0.4, -0.2) is 24.5 Å². The first-order valence-electron chi connectivity index (χ1n) is 5.59. The molecule has 3 nitrogen and oxygen atoms in total. The van der Waals surface area contributed by atoms with Gasteiger partial charge in [0.2, 0.25) is 5.91 Å². The topological polar surface area (TPSA) is 41.1 Å². The van der Waals surface area contributed by atoms with Crippen LogP contribution in [0, 0.1) is 0 Å². The van der Waals surface area contributed by atoms with E-state index in [2.05, 4.69) is 31.4 Å². The van der Waals surface area contributed by atoms with Gasteiger partial charge in [0.15, 0.2) is 0 Å². The van der Waals surface area contributed by atoms with Crippen molar-refractivity contribution in [3.8, 4) is 0 Å². The van der Waals surface area contributed by atoms with Crippen molar-refractivity contribution in [1.29, 1.82) is 0 Å². The van der Waals surface area contributed by atoms with Crippen LogP contribution in [0.2, 0.25) is 0 Å². The van der Waals surface area contributed by atoms with Gasteiger partial charge in [-0.25, -0.2) is 0 Å². The molecule has 0 aromatic carbocycles. The molecule has 0 aromatic heterocycles. The summed E-state index contributed by atoms with van der Waals surface area (Å²) < 4.78 is 0. The highest BCUT2D eigenvalue weighted by Crippen LogP contribution is 2.13. The Labute approximate surface area is 87.6 Å². The molecule has 3 heteroatoms. The van der Waals surface area contributed by atoms with Crippen molar-refractivity contribution in [1.82, 2.24) is 10.6 Å². The first kappa shape index (κ1) is 13.4. The first-order valence-corrected chi connectivity index (χ1v) is 5.59. The first-order chi connectivity index (χ1) is 6.58. The molecule has 0 aliphatic heterocycles. The quantitative estimate of drug-likeness (QED) is 0.614. The maximum Gasteiger partial charge on any atom is 0.221 e. The van der Waals surface area contributed by atoms with Crippen molar-refractivity contribution >= 4 is 5.91 Å². The molecule has 84 valence electrons. The van der Waals surface area contributed by atoms with Gasteiger partial charge in [-0.05, 0) is 26.3 Å². The van der Waals surface area contributed by atoms with E-state index in [1.54, 1.807) is 0 Å². The standard InChI is InChI=1S/C11H24N2O/c1-5-11(4,6-2)13-10(14)8-9-12-7-3/h12H,5-9H2,1-4H3,(H,13,14). The van der Waals surface area contributed by atoms with E-state index in [0.29, 0.717) is 6.42 Å². The molecule has 0 saturated heterocycles. The Bertz CT molecular complexity index is 165. The lowest BCUT2D eigenvalue weighted by Crippen LogP contribution is -2.45. The zero-order chi connectivity index (χ0) is 11.0. The molecule has 0 aliphatic carbocycles. The molecule has 14 heavy (non-hydrogen) atoms. The third kappa shape index (κ3) is 5.22. The number of hydrogen-bond acceptors (Lipinski definition) is 2. The highest BCUT2D eigenvalue weighted by atomic mass is 16.1. The van der Waals surface area contributed by atoms with Crippen LogP contribution in [-0.2, 0) is 4.79 Å². The van der Waals surface area contributed by atoms with Crippen molar-refractivity contribution in [2.24, 2.45) is 0 Å². The molecule has 0 aromatic rings. The van der Waals surface area contributed by atoms with E-state index in [1.807, 2.05) is 6.92 Å². The van der Waals surface area contributed by atoms with Crippen LogP contribution in [0.1, 0.15) is 47.0 Å². The molecule has 0 aliphatic rings. The van der Waals surface area contributed by atoms with Crippen LogP contribution in [0.15, 0.2) is 0 Å². The van der Waals surface area contributed by atoms with Gasteiger partial charge in [-0.1, -0.05) is 20.8 Å². The molecule has 0 spiro atoms. The molecule has 0 saturated carbocycles. The minimum absolute atomic E-state index is 0.0245. The Morgan fingerprint density at radius 3 is 2.21 bits per heavy atom. The van der Waals surface area contributed by atoms with E-state index in [4.69, 9.17) is 0 Å². The maximum atomic E-state index is 11.5. The van der Waals surface area contributed by atoms with Crippen LogP contribution in [0.5, 0.6) is 0 Å². The third-order valence-electron chi connectivity index (χ3n) is 2.78. The Kier molecular flexibility index (Phi) is 6.54. The number of amides is 1. The maximum absolute atomic E-state index is 11.5. The lowest BCUT2D eigenvalue weighted by Gasteiger charge is -2.28. The predicted octanol–water partition coefficient (Wildman–Crippen LogP) is 1.68. The summed E-state index contributed by atoms with van der Waals surface area (Å²) in [5, 5.41) is 6.21. The summed E-state index contributed by atoms with van der Waals surface area (Å²) in [5.74, 6) is 0.150. The molecule has 0 bridgehead atoms. The van der Waals surface area contributed by atoms with Gasteiger partial charge in [-0.2, -0.15) is 0 Å². The van der Waals surface area contributed by atoms with Crippen LogP contribution in [0.3, 0.4) is 0 Å². The molecule has 0 heterocycles. The average molecular weight is 200 g/mol. The molecule has 2 N–H and O–H groups in total. The summed E-state index contributed by atoms with van der Waals surface area (Å²) >= 11 is 0. The summed E-state index contributed by atoms with van der Waals surface area (Å²) in [6, 6.07) is 0. The minimum Gasteiger partial charge on any atom is -0.351 e. The Morgan fingerprint density at radius 2 is 1.79 bits per heavy atom. The normalized spacial score (nSPS) is 11.4. The second-order valence-corrected chi connectivity index (χ2v) is 3.92. The van der Waals surface area contributed by atoms with E-state index >= 15 is 0 Å². The van der Waals surface area contributed by atoms with Crippen LogP contribution in [0.4, 0.5) is 0 Å². The van der Waals surface area contributed by atoms with Crippen LogP contribution in [0.25, 0.3) is 0 Å². The molecule has 0 atom stereocenters. The van der Waals surface area contributed by atoms with Gasteiger partial charge in [-0.3, -0.25) is 4.79 Å². The molecule has 1 amide bonds. The summed E-state index contributed by atoms with van der Waals surface area (Å²) in [7, 11) is 0. The number of carbonyl (C=O) groups excluding carboxylic acids is 1. The second-order valence-electron chi connectivity index (χ2n) is 3.92. The molecule has 0 radical (unpaired) electrons. The lowest BCUT2D eigenvalue weighted by molar-refractivity contribution is -0.122. The second kappa shape index (κ2) is 6.82. The van der Waals surface area contributed by atoms with Crippen LogP contribution < -0.4 is 10.6 Å². The van der Waals surface area contributed by atoms with E-state index in [1.165, 1.54) is 0 Å². The van der Waals surface area contributed by atoms with Gasteiger partial charge in [0.25, 0.3) is 0 Å². The number of rotatable bonds is 7. The molecular formula is C11H24N2O. The summed E-state index contributed by atoms with van der Waals surface area (Å²) in [6.07, 6.45) is 2.54. The fourth-order valence-corrected chi connectivity index (χ4v) is 1.20. The lowest BCUT2D eigenvalue weighted by atomic mass is 9.95. The van der Waals surface area contributed by atoms with Gasteiger partial charge in [0, 0.05) is 18.5 Å². The summed E-state index contributed by atoms with van der Waals surface area (Å²) in [5.41, 5.74) is -0.0245. The summed E-state index contributed by atoms with van der Waals surface area (Å²) in [4.78, 5) is 11.5. The van der Waals surface area contributed by atoms with Gasteiger partial charge < -0.3 is 10.6 Å². The van der Waals surface area contributed by atoms with Gasteiger partial charge in [-0.15, -0.1) is 0 Å². The smallest absolute Gasteiger partial charge is 0.221 e. The minimum atomic E-state index is -0.0245. The predicted molar refractivity (Wildman–Crippen MR) is 60.3 cm³/mol. The van der Waals surface area contributed by atoms with Gasteiger partial charge in [0.05, 0.1) is 0 Å². The number of nitrogens with one attached hydrogen (secondary N) is 2. The van der Waals surface area contributed by atoms with Crippen LogP contribution >= 0.6 is 0 Å². The monoisotopic (exact) mass is 200 g/mol. The fraction of sp³-hybridized carbons (Fsp3) is 0.909. The zero-order valence-electron chi connectivity index (χ0n) is 9.94. The SMILES string of the molecule is CCNCCC(=O)NC(C)(CC)CC. The Hall–Kier alpha value is -0.570. The number of hydrogen-bond donors (Lipinski definition) is 2. The van der Waals surface area contributed by atoms with Crippen molar-refractivity contribution in [3.05, 3.63) is 0 Å². The largest absolute Gasteiger partial charge is 0.351 e. The van der Waals surface area contributed by atoms with Crippen molar-refractivity contribution in [2.75, 3.05) is 13.1 Å². The van der Waals surface area contributed by atoms with E-state index in [-0.39, 0.29) is 11.4 Å². The Morgan fingerprint density at radius 1 is 1.21 bits per heavy atom. The van der Waals surface area contributed by atoms with E-state index in [9.17, 15) is 4.79 Å². The third-order valence-corrected chi connectivity index (χ3v) is 2.78.